The number of hydrogen-bond acceptors (Lipinski definition) is 7. The van der Waals surface area contributed by atoms with Crippen molar-refractivity contribution in [3.05, 3.63) is 67.1 Å². The fourth-order valence-electron chi connectivity index (χ4n) is 4.14. The molecule has 0 radical (unpaired) electrons. The van der Waals surface area contributed by atoms with Gasteiger partial charge in [0.05, 0.1) is 19.4 Å². The van der Waals surface area contributed by atoms with Crippen LogP contribution in [0.4, 0.5) is 0 Å². The molecule has 0 amide bonds. The Balaban J connectivity index is 1.49. The molecular formula is C24H25N5O4S. The molecule has 9 nitrogen and oxygen atoms in total. The van der Waals surface area contributed by atoms with Crippen molar-refractivity contribution >= 4 is 21.3 Å². The molecule has 1 aliphatic heterocycles. The summed E-state index contributed by atoms with van der Waals surface area (Å²) in [5, 5.41) is 5.33. The van der Waals surface area contributed by atoms with Crippen molar-refractivity contribution in [3.63, 3.8) is 0 Å². The van der Waals surface area contributed by atoms with Crippen LogP contribution in [0.15, 0.2) is 67.1 Å². The number of ether oxygens (including phenoxy) is 1. The van der Waals surface area contributed by atoms with Gasteiger partial charge in [-0.1, -0.05) is 18.2 Å². The van der Waals surface area contributed by atoms with Gasteiger partial charge < -0.3 is 4.74 Å². The molecule has 176 valence electrons. The third kappa shape index (κ3) is 4.52. The van der Waals surface area contributed by atoms with Gasteiger partial charge in [0.15, 0.2) is 5.65 Å². The summed E-state index contributed by atoms with van der Waals surface area (Å²) >= 11 is 0. The lowest BCUT2D eigenvalue weighted by atomic mass is 10.1. The van der Waals surface area contributed by atoms with Gasteiger partial charge in [0.25, 0.3) is 0 Å². The van der Waals surface area contributed by atoms with Gasteiger partial charge in [0.1, 0.15) is 23.5 Å². The summed E-state index contributed by atoms with van der Waals surface area (Å²) in [5.41, 5.74) is 1.86. The largest absolute Gasteiger partial charge is 0.457 e. The number of para-hydroxylation sites is 1. The molecule has 34 heavy (non-hydrogen) atoms. The summed E-state index contributed by atoms with van der Waals surface area (Å²) in [5.74, 6) is 1.41. The van der Waals surface area contributed by atoms with Gasteiger partial charge in [0.2, 0.25) is 0 Å². The van der Waals surface area contributed by atoms with E-state index in [0.717, 1.165) is 17.7 Å². The molecule has 2 aromatic heterocycles. The smallest absolute Gasteiger partial charge is 0.338 e. The van der Waals surface area contributed by atoms with E-state index in [9.17, 15) is 8.42 Å². The van der Waals surface area contributed by atoms with E-state index in [0.29, 0.717) is 35.4 Å². The molecule has 0 N–H and O–H groups in total. The van der Waals surface area contributed by atoms with Crippen LogP contribution >= 0.6 is 0 Å². The fourth-order valence-corrected chi connectivity index (χ4v) is 5.29. The summed E-state index contributed by atoms with van der Waals surface area (Å²) in [6.45, 7) is 2.35. The molecule has 1 aliphatic rings. The number of rotatable bonds is 7. The maximum Gasteiger partial charge on any atom is 0.338 e. The monoisotopic (exact) mass is 480 g/mol. The molecule has 0 spiro atoms. The molecule has 0 unspecified atom stereocenters. The van der Waals surface area contributed by atoms with Crippen LogP contribution in [0.25, 0.3) is 22.3 Å². The second-order valence-electron chi connectivity index (χ2n) is 7.94. The van der Waals surface area contributed by atoms with Crippen molar-refractivity contribution in [2.75, 3.05) is 19.7 Å². The number of aromatic nitrogens is 4. The van der Waals surface area contributed by atoms with Crippen LogP contribution in [0.5, 0.6) is 11.5 Å². The molecule has 0 saturated carbocycles. The van der Waals surface area contributed by atoms with Gasteiger partial charge in [-0.05, 0) is 56.2 Å². The Labute approximate surface area is 199 Å². The number of hydrogen-bond donors (Lipinski definition) is 0. The van der Waals surface area contributed by atoms with Crippen molar-refractivity contribution in [1.82, 2.24) is 24.1 Å². The molecule has 5 rings (SSSR count). The molecule has 1 fully saturated rings. The van der Waals surface area contributed by atoms with E-state index >= 15 is 0 Å². The Bertz CT molecular complexity index is 1430. The van der Waals surface area contributed by atoms with Crippen molar-refractivity contribution in [1.29, 1.82) is 0 Å². The minimum Gasteiger partial charge on any atom is -0.457 e. The Morgan fingerprint density at radius 3 is 2.65 bits per heavy atom. The van der Waals surface area contributed by atoms with Crippen LogP contribution in [0.2, 0.25) is 0 Å². The van der Waals surface area contributed by atoms with Crippen molar-refractivity contribution in [3.8, 4) is 22.8 Å². The summed E-state index contributed by atoms with van der Waals surface area (Å²) in [6, 6.07) is 16.7. The Hall–Kier alpha value is -3.34. The highest BCUT2D eigenvalue weighted by molar-refractivity contribution is 7.84. The number of piperidine rings is 1. The van der Waals surface area contributed by atoms with Crippen LogP contribution in [0.1, 0.15) is 27.2 Å². The van der Waals surface area contributed by atoms with Crippen molar-refractivity contribution in [2.45, 2.75) is 25.8 Å². The minimum atomic E-state index is -3.80. The molecule has 1 atom stereocenters. The average molecular weight is 481 g/mol. The molecule has 4 aromatic rings. The normalized spacial score (nSPS) is 17.6. The number of fused-ring (bicyclic) bond motifs is 1. The van der Waals surface area contributed by atoms with E-state index in [-0.39, 0.29) is 25.4 Å². The van der Waals surface area contributed by atoms with Gasteiger partial charge in [-0.3, -0.25) is 4.18 Å². The lowest BCUT2D eigenvalue weighted by Gasteiger charge is -2.31. The molecule has 10 heteroatoms. The first kappa shape index (κ1) is 21.2. The minimum absolute atomic E-state index is 0.0652. The van der Waals surface area contributed by atoms with Crippen LogP contribution in [0.3, 0.4) is 0 Å². The van der Waals surface area contributed by atoms with Crippen molar-refractivity contribution in [2.24, 2.45) is 0 Å². The molecular weight excluding hydrogens is 454 g/mol. The first-order valence-electron chi connectivity index (χ1n) is 11.6. The number of nitrogens with zero attached hydrogens (tertiary/aromatic N) is 5. The lowest BCUT2D eigenvalue weighted by Crippen LogP contribution is -2.41. The Morgan fingerprint density at radius 2 is 1.88 bits per heavy atom. The van der Waals surface area contributed by atoms with Crippen LogP contribution in [-0.4, -0.2) is 52.2 Å². The zero-order valence-electron chi connectivity index (χ0n) is 19.7. The van der Waals surface area contributed by atoms with Crippen LogP contribution in [-0.2, 0) is 14.5 Å². The van der Waals surface area contributed by atoms with E-state index < -0.39 is 10.3 Å². The predicted molar refractivity (Wildman–Crippen MR) is 128 cm³/mol. The van der Waals surface area contributed by atoms with Crippen LogP contribution < -0.4 is 4.74 Å². The van der Waals surface area contributed by atoms with Gasteiger partial charge in [-0.2, -0.15) is 17.8 Å². The zero-order chi connectivity index (χ0) is 24.4. The summed E-state index contributed by atoms with van der Waals surface area (Å²) in [4.78, 5) is 8.46. The quantitative estimate of drug-likeness (QED) is 0.391. The first-order valence-corrected chi connectivity index (χ1v) is 12.5. The highest BCUT2D eigenvalue weighted by Gasteiger charge is 2.32. The fraction of sp³-hybridized carbons (Fsp3) is 0.292. The third-order valence-corrected chi connectivity index (χ3v) is 7.19. The maximum atomic E-state index is 12.5. The Morgan fingerprint density at radius 1 is 1.12 bits per heavy atom. The SMILES string of the molecule is [2H]c1ncnc2c1c(-c1ccc(Oc3ccccc3)cc1)nn2[C@@H]1CCCN(S(=O)(=O)OCC)C1. The molecule has 0 bridgehead atoms. The molecule has 0 aliphatic carbocycles. The summed E-state index contributed by atoms with van der Waals surface area (Å²) in [6.07, 6.45) is 2.80. The van der Waals surface area contributed by atoms with Gasteiger partial charge in [0, 0.05) is 24.8 Å². The van der Waals surface area contributed by atoms with Gasteiger partial charge in [-0.25, -0.2) is 14.6 Å². The highest BCUT2D eigenvalue weighted by atomic mass is 32.2. The van der Waals surface area contributed by atoms with Crippen molar-refractivity contribution < 1.29 is 18.7 Å². The van der Waals surface area contributed by atoms with E-state index in [2.05, 4.69) is 9.97 Å². The summed E-state index contributed by atoms with van der Waals surface area (Å²) < 4.78 is 47.3. The number of benzene rings is 2. The van der Waals surface area contributed by atoms with E-state index in [4.69, 9.17) is 15.4 Å². The van der Waals surface area contributed by atoms with E-state index in [1.807, 2.05) is 54.6 Å². The van der Waals surface area contributed by atoms with Crippen LogP contribution in [0, 0.1) is 0 Å². The standard InChI is InChI=1S/C24H25N5O4S/c1-2-32-34(30,31)28-14-6-7-19(16-28)29-24-22(15-25-17-26-24)23(27-29)18-10-12-21(13-11-18)33-20-8-4-3-5-9-20/h3-5,8-13,15,17,19H,2,6-7,14,16H2,1H3/t19-/m1/s1/i15D. The highest BCUT2D eigenvalue weighted by Crippen LogP contribution is 2.33. The zero-order valence-corrected chi connectivity index (χ0v) is 19.5. The predicted octanol–water partition coefficient (Wildman–Crippen LogP) is 4.20. The third-order valence-electron chi connectivity index (χ3n) is 5.69. The van der Waals surface area contributed by atoms with Gasteiger partial charge >= 0.3 is 10.3 Å². The molecule has 1 saturated heterocycles. The lowest BCUT2D eigenvalue weighted by molar-refractivity contribution is 0.218. The maximum absolute atomic E-state index is 12.5. The first-order chi connectivity index (χ1) is 17.0. The van der Waals surface area contributed by atoms with E-state index in [1.165, 1.54) is 10.6 Å². The average Bonchev–Trinajstić information content (AvgIpc) is 3.26. The summed E-state index contributed by atoms with van der Waals surface area (Å²) in [7, 11) is -3.80. The van der Waals surface area contributed by atoms with E-state index in [1.54, 1.807) is 11.6 Å². The van der Waals surface area contributed by atoms with Gasteiger partial charge in [-0.15, -0.1) is 0 Å². The second kappa shape index (κ2) is 9.49. The molecule has 2 aromatic carbocycles. The molecule has 3 heterocycles. The second-order valence-corrected chi connectivity index (χ2v) is 9.54. The topological polar surface area (TPSA) is 99.4 Å². The Kier molecular flexibility index (Phi) is 5.92.